The van der Waals surface area contributed by atoms with E-state index in [0.29, 0.717) is 0 Å². The largest absolute Gasteiger partial charge is 0.378 e. The molecule has 0 bridgehead atoms. The average Bonchev–Trinajstić information content (AvgIpc) is 2.38. The number of hydrogen-bond acceptors (Lipinski definition) is 3. The molecular weight excluding hydrogens is 212 g/mol. The van der Waals surface area contributed by atoms with Crippen molar-refractivity contribution in [2.75, 3.05) is 19.0 Å². The smallest absolute Gasteiger partial charge is 0.169 e. The number of azo groups is 1. The molecule has 0 unspecified atom stereocenters. The highest BCUT2D eigenvalue weighted by Crippen LogP contribution is 2.20. The van der Waals surface area contributed by atoms with Crippen molar-refractivity contribution in [2.24, 2.45) is 10.2 Å². The number of aromatic amines is 1. The lowest BCUT2D eigenvalue weighted by Crippen LogP contribution is -2.07. The van der Waals surface area contributed by atoms with Gasteiger partial charge in [-0.05, 0) is 24.3 Å². The lowest BCUT2D eigenvalue weighted by Gasteiger charge is -2.11. The van der Waals surface area contributed by atoms with Crippen LogP contribution in [0.25, 0.3) is 0 Å². The first-order valence-electron chi connectivity index (χ1n) is 5.41. The summed E-state index contributed by atoms with van der Waals surface area (Å²) in [6.07, 6.45) is 3.65. The van der Waals surface area contributed by atoms with E-state index in [1.807, 2.05) is 67.8 Å². The van der Waals surface area contributed by atoms with Crippen molar-refractivity contribution in [2.45, 2.75) is 0 Å². The minimum atomic E-state index is 0.834. The molecule has 1 heterocycles. The Labute approximate surface area is 101 Å². The second-order valence-corrected chi connectivity index (χ2v) is 3.87. The van der Waals surface area contributed by atoms with E-state index in [-0.39, 0.29) is 0 Å². The second kappa shape index (κ2) is 5.21. The van der Waals surface area contributed by atoms with Crippen LogP contribution in [0.4, 0.5) is 17.1 Å². The minimum Gasteiger partial charge on any atom is -0.378 e. The third kappa shape index (κ3) is 3.11. The summed E-state index contributed by atoms with van der Waals surface area (Å²) in [6.45, 7) is 0. The molecule has 0 spiro atoms. The van der Waals surface area contributed by atoms with Crippen LogP contribution >= 0.6 is 0 Å². The SMILES string of the molecule is CN(C)c1ccc(N=Nc2cc[nH+]cc2)cc1. The fourth-order valence-electron chi connectivity index (χ4n) is 1.38. The number of nitrogens with one attached hydrogen (secondary N) is 1. The lowest BCUT2D eigenvalue weighted by molar-refractivity contribution is -0.377. The van der Waals surface area contributed by atoms with E-state index in [4.69, 9.17) is 0 Å². The van der Waals surface area contributed by atoms with Crippen LogP contribution in [-0.2, 0) is 0 Å². The first-order chi connectivity index (χ1) is 8.25. The Morgan fingerprint density at radius 1 is 0.824 bits per heavy atom. The van der Waals surface area contributed by atoms with E-state index in [1.165, 1.54) is 0 Å². The van der Waals surface area contributed by atoms with Gasteiger partial charge in [0.05, 0.1) is 11.4 Å². The predicted molar refractivity (Wildman–Crippen MR) is 67.9 cm³/mol. The molecule has 1 aromatic carbocycles. The van der Waals surface area contributed by atoms with Crippen molar-refractivity contribution in [3.05, 3.63) is 48.8 Å². The molecule has 2 aromatic rings. The van der Waals surface area contributed by atoms with E-state index >= 15 is 0 Å². The van der Waals surface area contributed by atoms with Crippen LogP contribution in [0.15, 0.2) is 59.0 Å². The van der Waals surface area contributed by atoms with Gasteiger partial charge >= 0.3 is 0 Å². The van der Waals surface area contributed by atoms with E-state index in [0.717, 1.165) is 17.1 Å². The molecule has 0 amide bonds. The molecule has 4 nitrogen and oxygen atoms in total. The maximum absolute atomic E-state index is 4.17. The van der Waals surface area contributed by atoms with Gasteiger partial charge in [-0.25, -0.2) is 4.98 Å². The van der Waals surface area contributed by atoms with Crippen molar-refractivity contribution in [1.29, 1.82) is 0 Å². The van der Waals surface area contributed by atoms with Crippen LogP contribution in [0.2, 0.25) is 0 Å². The monoisotopic (exact) mass is 227 g/mol. The molecule has 0 aliphatic rings. The highest BCUT2D eigenvalue weighted by atomic mass is 15.1. The van der Waals surface area contributed by atoms with Gasteiger partial charge in [-0.2, -0.15) is 10.2 Å². The zero-order chi connectivity index (χ0) is 12.1. The van der Waals surface area contributed by atoms with E-state index in [1.54, 1.807) is 0 Å². The Morgan fingerprint density at radius 2 is 1.35 bits per heavy atom. The summed E-state index contributed by atoms with van der Waals surface area (Å²) in [6, 6.07) is 11.7. The Balaban J connectivity index is 2.12. The summed E-state index contributed by atoms with van der Waals surface area (Å²) in [5.41, 5.74) is 2.84. The summed E-state index contributed by atoms with van der Waals surface area (Å²) in [5, 5.41) is 8.31. The quantitative estimate of drug-likeness (QED) is 0.743. The van der Waals surface area contributed by atoms with E-state index in [2.05, 4.69) is 15.2 Å². The van der Waals surface area contributed by atoms with Crippen LogP contribution in [0, 0.1) is 0 Å². The van der Waals surface area contributed by atoms with Crippen LogP contribution in [0.5, 0.6) is 0 Å². The van der Waals surface area contributed by atoms with Gasteiger partial charge in [0.15, 0.2) is 12.4 Å². The molecule has 0 saturated heterocycles. The molecule has 17 heavy (non-hydrogen) atoms. The van der Waals surface area contributed by atoms with Crippen LogP contribution in [0.3, 0.4) is 0 Å². The Kier molecular flexibility index (Phi) is 3.45. The zero-order valence-corrected chi connectivity index (χ0v) is 9.96. The second-order valence-electron chi connectivity index (χ2n) is 3.87. The molecule has 4 heteroatoms. The molecule has 0 atom stereocenters. The minimum absolute atomic E-state index is 0.834. The zero-order valence-electron chi connectivity index (χ0n) is 9.96. The van der Waals surface area contributed by atoms with Crippen molar-refractivity contribution in [1.82, 2.24) is 0 Å². The molecule has 86 valence electrons. The molecule has 0 fully saturated rings. The first-order valence-corrected chi connectivity index (χ1v) is 5.41. The molecule has 0 radical (unpaired) electrons. The Hall–Kier alpha value is -2.23. The maximum Gasteiger partial charge on any atom is 0.169 e. The summed E-state index contributed by atoms with van der Waals surface area (Å²) < 4.78 is 0. The number of anilines is 1. The molecule has 1 N–H and O–H groups in total. The number of benzene rings is 1. The average molecular weight is 227 g/mol. The molecule has 0 aliphatic heterocycles. The predicted octanol–water partition coefficient (Wildman–Crippen LogP) is 2.98. The van der Waals surface area contributed by atoms with E-state index < -0.39 is 0 Å². The van der Waals surface area contributed by atoms with Gasteiger partial charge in [0.2, 0.25) is 0 Å². The molecule has 0 saturated carbocycles. The van der Waals surface area contributed by atoms with Gasteiger partial charge in [-0.1, -0.05) is 0 Å². The molecule has 2 rings (SSSR count). The highest BCUT2D eigenvalue weighted by molar-refractivity contribution is 5.51. The van der Waals surface area contributed by atoms with Crippen molar-refractivity contribution in [3.8, 4) is 0 Å². The van der Waals surface area contributed by atoms with Gasteiger partial charge in [0, 0.05) is 31.9 Å². The van der Waals surface area contributed by atoms with Crippen molar-refractivity contribution < 1.29 is 4.98 Å². The third-order valence-corrected chi connectivity index (χ3v) is 2.35. The summed E-state index contributed by atoms with van der Waals surface area (Å²) in [5.74, 6) is 0. The standard InChI is InChI=1S/C13H14N4/c1-17(2)13-5-3-11(4-6-13)15-16-12-7-9-14-10-8-12/h3-10H,1-2H3/p+1. The number of pyridine rings is 1. The highest BCUT2D eigenvalue weighted by Gasteiger charge is 1.95. The molecule has 1 aromatic heterocycles. The molecule has 0 aliphatic carbocycles. The normalized spacial score (nSPS) is 10.7. The maximum atomic E-state index is 4.17. The number of nitrogens with zero attached hydrogens (tertiary/aromatic N) is 3. The lowest BCUT2D eigenvalue weighted by atomic mass is 10.3. The number of H-pyrrole nitrogens is 1. The van der Waals surface area contributed by atoms with Crippen LogP contribution in [0.1, 0.15) is 0 Å². The fraction of sp³-hybridized carbons (Fsp3) is 0.154. The van der Waals surface area contributed by atoms with Crippen molar-refractivity contribution in [3.63, 3.8) is 0 Å². The summed E-state index contributed by atoms with van der Waals surface area (Å²) >= 11 is 0. The number of aromatic nitrogens is 1. The van der Waals surface area contributed by atoms with Gasteiger partial charge in [-0.15, -0.1) is 0 Å². The van der Waals surface area contributed by atoms with Gasteiger partial charge in [-0.3, -0.25) is 0 Å². The van der Waals surface area contributed by atoms with Crippen LogP contribution in [-0.4, -0.2) is 14.1 Å². The van der Waals surface area contributed by atoms with Crippen molar-refractivity contribution >= 4 is 17.1 Å². The molecular formula is C13H15N4+. The summed E-state index contributed by atoms with van der Waals surface area (Å²) in [4.78, 5) is 4.99. The van der Waals surface area contributed by atoms with Gasteiger partial charge < -0.3 is 4.90 Å². The van der Waals surface area contributed by atoms with E-state index in [9.17, 15) is 0 Å². The first kappa shape index (κ1) is 11.3. The Bertz CT molecular complexity index is 489. The number of hydrogen-bond donors (Lipinski definition) is 0. The van der Waals surface area contributed by atoms with Gasteiger partial charge in [0.1, 0.15) is 0 Å². The topological polar surface area (TPSA) is 42.1 Å². The number of rotatable bonds is 3. The summed E-state index contributed by atoms with van der Waals surface area (Å²) in [7, 11) is 4.02. The fourth-order valence-corrected chi connectivity index (χ4v) is 1.38. The Morgan fingerprint density at radius 3 is 1.88 bits per heavy atom. The van der Waals surface area contributed by atoms with Gasteiger partial charge in [0.25, 0.3) is 0 Å². The van der Waals surface area contributed by atoms with Crippen LogP contribution < -0.4 is 9.88 Å². The third-order valence-electron chi connectivity index (χ3n) is 2.35.